The maximum atomic E-state index is 13.4. The molecule has 35 nitrogen and oxygen atoms in total. The van der Waals surface area contributed by atoms with E-state index in [9.17, 15) is 69.3 Å². The Hall–Kier alpha value is -13.9. The Morgan fingerprint density at radius 2 is 0.792 bits per heavy atom. The Balaban J connectivity index is 0.000000149. The van der Waals surface area contributed by atoms with Gasteiger partial charge in [-0.15, -0.1) is 0 Å². The summed E-state index contributed by atoms with van der Waals surface area (Å²) in [5, 5.41) is 59.6. The van der Waals surface area contributed by atoms with Crippen molar-refractivity contribution < 1.29 is 117 Å². The molecule has 3 aliphatic carbocycles. The Kier molecular flexibility index (Phi) is 28.1. The third-order valence-electron chi connectivity index (χ3n) is 23.1. The topological polar surface area (TPSA) is 513 Å². The normalized spacial score (nSPS) is 14.4. The average molecular weight is 1710 g/mol. The molecule has 0 saturated heterocycles. The fraction of sp³-hybridized carbons (Fsp3) is 0.292. The van der Waals surface area contributed by atoms with E-state index < -0.39 is 68.6 Å². The summed E-state index contributed by atoms with van der Waals surface area (Å²) in [7, 11) is 2.56. The number of aromatic nitrogens is 9. The number of hydrogen-bond acceptors (Lipinski definition) is 21. The smallest absolute Gasteiger partial charge is 0.870 e. The van der Waals surface area contributed by atoms with E-state index >= 15 is 0 Å². The number of carboxylic acids is 2. The first kappa shape index (κ1) is 88.9. The standard InChI is InChI=1S/C30H29N5O6.C29H27N5O6.C18H18N2O3.C12H13N3O4.Na.H2O/c1-40-30(37)26(14-20-16-31-24-9-8-22(35(38)39)15-23(20)24)33-29(36)18-7-10-27-25(13-18)32-28(19-11-12-41-17-19)34(27)21-5-3-2-4-6-21;35-28(32-25(29(36)37)13-19-15-30-23-8-7-21(34(38)39)14-22(19)23)17-6-9-26-24(12-17)31-27(18-10-11-40-16-18)33(26)20-4-2-1-3-5-20;21-18(22)12-6-7-16-15(10-12)19-17(13-8-9-23-11-13)20(16)14-4-2-1-3-5-14;1-19-12(16)10(13)4-7-6-14-11-3-2-8(15(17)18)5-9(7)11;;/h7-13,15-17,21,26,31H,2-6,14H2,1H3,(H,33,36);6-12,14-16,20,25,30H,1-5,13H2,(H,32,35)(H,36,37);6-11,14H,1-5H2,(H,21,22);2-3,5-6,10,14H,4,13H2,1H3;;1H2/q;;;;+1;/t26-;;;10-;;/m0..0../s1. The van der Waals surface area contributed by atoms with E-state index in [0.29, 0.717) is 79.6 Å². The number of amides is 2. The summed E-state index contributed by atoms with van der Waals surface area (Å²) in [5.41, 5.74) is 16.2. The SMILES string of the molecule is COC(=O)[C@@H]([NH3+])Cc1c[nH]c2ccc([N+](=O)[O-])cc12.COC(=O)[C@H](Cc1c[nH]c2ccc([N+](=O)[O-])cc12)NC(=O)c1ccc2c(c1)nc(-c1ccoc1)n2C1CCCCC1.O=C(NC(Cc1c[nH]c2ccc([N+](=O)[O-])cc12)C(=O)O)c1ccc2c(c1)nc(-c1ccoc1)n2C1CCCCC1.O=C(O)c1ccc2c(c1)nc(-c1ccoc1)n2C1CCCCC1.[Na+].[OH-]. The number of non-ortho nitro benzene ring substituents is 3. The Labute approximate surface area is 733 Å². The number of esters is 2. The van der Waals surface area contributed by atoms with E-state index in [1.54, 1.807) is 111 Å². The molecular formula is C89H89N15NaO20+. The van der Waals surface area contributed by atoms with Gasteiger partial charge in [-0.2, -0.15) is 0 Å². The molecule has 9 heterocycles. The number of nitro groups is 3. The number of nitrogens with zero attached hydrogens (tertiary/aromatic N) is 9. The molecule has 0 radical (unpaired) electrons. The second-order valence-corrected chi connectivity index (χ2v) is 30.9. The number of aromatic carboxylic acids is 1. The first-order chi connectivity index (χ1) is 59.6. The van der Waals surface area contributed by atoms with Gasteiger partial charge in [0.05, 0.1) is 103 Å². The first-order valence-corrected chi connectivity index (χ1v) is 40.5. The van der Waals surface area contributed by atoms with Gasteiger partial charge >= 0.3 is 53.4 Å². The van der Waals surface area contributed by atoms with Crippen molar-refractivity contribution in [2.75, 3.05) is 14.2 Å². The third-order valence-corrected chi connectivity index (χ3v) is 23.1. The number of nitro benzene ring substituents is 3. The van der Waals surface area contributed by atoms with E-state index in [1.807, 2.05) is 36.4 Å². The van der Waals surface area contributed by atoms with Gasteiger partial charge in [0.2, 0.25) is 0 Å². The largest absolute Gasteiger partial charge is 1.00 e. The molecule has 3 atom stereocenters. The number of aromatic amines is 3. The number of carboxylic acid groups (broad SMARTS) is 2. The zero-order chi connectivity index (χ0) is 86.1. The molecule has 18 rings (SSSR count). The maximum Gasteiger partial charge on any atom is 1.00 e. The Morgan fingerprint density at radius 3 is 1.11 bits per heavy atom. The first-order valence-electron chi connectivity index (χ1n) is 40.5. The van der Waals surface area contributed by atoms with E-state index in [4.69, 9.17) is 32.9 Å². The van der Waals surface area contributed by atoms with E-state index in [0.717, 1.165) is 137 Å². The van der Waals surface area contributed by atoms with Crippen LogP contribution in [0.1, 0.15) is 162 Å². The van der Waals surface area contributed by atoms with Crippen molar-refractivity contribution in [1.82, 2.24) is 54.2 Å². The Morgan fingerprint density at radius 1 is 0.464 bits per heavy atom. The second kappa shape index (κ2) is 39.5. The summed E-state index contributed by atoms with van der Waals surface area (Å²) in [6.45, 7) is 0. The van der Waals surface area contributed by atoms with Crippen LogP contribution in [0.2, 0.25) is 0 Å². The number of H-pyrrole nitrogens is 3. The van der Waals surface area contributed by atoms with Crippen LogP contribution in [0, 0.1) is 30.3 Å². The van der Waals surface area contributed by atoms with Gasteiger partial charge in [0.15, 0.2) is 6.04 Å². The van der Waals surface area contributed by atoms with Gasteiger partial charge in [-0.3, -0.25) is 39.9 Å². The van der Waals surface area contributed by atoms with Gasteiger partial charge in [-0.05, 0) is 146 Å². The minimum absolute atomic E-state index is 0. The van der Waals surface area contributed by atoms with Crippen molar-refractivity contribution in [2.45, 2.75) is 152 Å². The van der Waals surface area contributed by atoms with Crippen LogP contribution < -0.4 is 45.9 Å². The molecule has 2 amide bonds. The number of rotatable bonds is 23. The van der Waals surface area contributed by atoms with Crippen LogP contribution in [0.3, 0.4) is 0 Å². The Bertz CT molecular complexity index is 6440. The summed E-state index contributed by atoms with van der Waals surface area (Å²) in [6.07, 6.45) is 32.6. The monoisotopic (exact) mass is 1710 g/mol. The van der Waals surface area contributed by atoms with Crippen molar-refractivity contribution in [3.8, 4) is 34.2 Å². The minimum atomic E-state index is -1.25. The fourth-order valence-corrected chi connectivity index (χ4v) is 16.9. The molecular weight excluding hydrogens is 1620 g/mol. The molecule has 0 aliphatic heterocycles. The average Bonchev–Trinajstić information content (AvgIpc) is 1.62. The number of methoxy groups -OCH3 is 2. The van der Waals surface area contributed by atoms with Crippen molar-refractivity contribution in [3.63, 3.8) is 0 Å². The van der Waals surface area contributed by atoms with Crippen LogP contribution >= 0.6 is 0 Å². The number of nitrogens with one attached hydrogen (secondary N) is 5. The summed E-state index contributed by atoms with van der Waals surface area (Å²) >= 11 is 0. The summed E-state index contributed by atoms with van der Waals surface area (Å²) in [5.74, 6) is -1.71. The molecule has 6 aromatic carbocycles. The molecule has 36 heteroatoms. The summed E-state index contributed by atoms with van der Waals surface area (Å²) < 4.78 is 32.2. The van der Waals surface area contributed by atoms with Crippen molar-refractivity contribution in [1.29, 1.82) is 0 Å². The predicted molar refractivity (Wildman–Crippen MR) is 454 cm³/mol. The number of imidazole rings is 3. The third kappa shape index (κ3) is 19.6. The van der Waals surface area contributed by atoms with E-state index in [-0.39, 0.29) is 70.5 Å². The minimum Gasteiger partial charge on any atom is -0.870 e. The molecule has 0 spiro atoms. The van der Waals surface area contributed by atoms with Gasteiger partial charge in [-0.1, -0.05) is 57.8 Å². The number of carbonyl (C=O) groups excluding carboxylic acids is 4. The summed E-state index contributed by atoms with van der Waals surface area (Å²) in [4.78, 5) is 129. The van der Waals surface area contributed by atoms with Gasteiger partial charge in [-0.25, -0.2) is 34.1 Å². The van der Waals surface area contributed by atoms with Crippen LogP contribution in [-0.2, 0) is 43.1 Å². The molecule has 0 bridgehead atoms. The van der Waals surface area contributed by atoms with Gasteiger partial charge < -0.3 is 83.4 Å². The van der Waals surface area contributed by atoms with Crippen molar-refractivity contribution in [3.05, 3.63) is 247 Å². The van der Waals surface area contributed by atoms with Crippen LogP contribution in [0.5, 0.6) is 0 Å². The van der Waals surface area contributed by atoms with Gasteiger partial charge in [0.25, 0.3) is 28.9 Å². The zero-order valence-corrected chi connectivity index (χ0v) is 70.5. The van der Waals surface area contributed by atoms with Crippen LogP contribution in [0.15, 0.2) is 197 Å². The van der Waals surface area contributed by atoms with E-state index in [2.05, 4.69) is 49.8 Å². The molecule has 9 aromatic heterocycles. The van der Waals surface area contributed by atoms with Crippen LogP contribution in [-0.4, -0.2) is 142 Å². The maximum absolute atomic E-state index is 13.4. The number of aliphatic carboxylic acids is 1. The number of benzene rings is 6. The predicted octanol–water partition coefficient (Wildman–Crippen LogP) is 13.1. The zero-order valence-electron chi connectivity index (χ0n) is 68.5. The number of carbonyl (C=O) groups is 6. The quantitative estimate of drug-likeness (QED) is 0.0128. The second-order valence-electron chi connectivity index (χ2n) is 30.9. The molecule has 3 fully saturated rings. The van der Waals surface area contributed by atoms with E-state index in [1.165, 1.54) is 82.7 Å². The molecule has 125 heavy (non-hydrogen) atoms. The molecule has 3 aliphatic rings. The number of fused-ring (bicyclic) bond motifs is 6. The molecule has 11 N–H and O–H groups in total. The number of hydrogen-bond donors (Lipinski definition) is 8. The molecule has 1 unspecified atom stereocenters. The van der Waals surface area contributed by atoms with Gasteiger partial charge in [0, 0.05) is 136 Å². The van der Waals surface area contributed by atoms with Gasteiger partial charge in [0.1, 0.15) is 48.3 Å². The molecule has 3 saturated carbocycles. The number of ether oxygens (including phenoxy) is 2. The molecule has 640 valence electrons. The van der Waals surface area contributed by atoms with Crippen LogP contribution in [0.4, 0.5) is 17.1 Å². The van der Waals surface area contributed by atoms with Crippen LogP contribution in [0.25, 0.3) is 100.0 Å². The summed E-state index contributed by atoms with van der Waals surface area (Å²) in [6, 6.07) is 33.1. The molecule has 15 aromatic rings. The van der Waals surface area contributed by atoms with Crippen molar-refractivity contribution in [2.24, 2.45) is 0 Å². The van der Waals surface area contributed by atoms with Crippen molar-refractivity contribution >= 4 is 119 Å². The number of furan rings is 3. The number of quaternary nitrogens is 1. The fourth-order valence-electron chi connectivity index (χ4n) is 16.9.